The van der Waals surface area contributed by atoms with Crippen molar-refractivity contribution in [2.45, 2.75) is 13.0 Å². The lowest BCUT2D eigenvalue weighted by Gasteiger charge is -2.08. The molecule has 0 aliphatic carbocycles. The number of amides is 1. The van der Waals surface area contributed by atoms with Gasteiger partial charge in [0.05, 0.1) is 25.0 Å². The Hall–Kier alpha value is -1.37. The number of nitrogens with two attached hydrogens (primary N) is 1. The van der Waals surface area contributed by atoms with Crippen LogP contribution in [0.3, 0.4) is 0 Å². The topological polar surface area (TPSA) is 86.7 Å². The molecule has 3 N–H and O–H groups in total. The van der Waals surface area contributed by atoms with Gasteiger partial charge in [-0.1, -0.05) is 0 Å². The van der Waals surface area contributed by atoms with Crippen LogP contribution in [0.4, 0.5) is 0 Å². The molecule has 2 heterocycles. The Kier molecular flexibility index (Phi) is 4.13. The third-order valence-corrected chi connectivity index (χ3v) is 2.73. The molecule has 6 heteroatoms. The van der Waals surface area contributed by atoms with Gasteiger partial charge < -0.3 is 13.9 Å². The van der Waals surface area contributed by atoms with Crippen molar-refractivity contribution < 1.29 is 18.7 Å². The van der Waals surface area contributed by atoms with Crippen LogP contribution >= 0.6 is 0 Å². The number of nitrogen functional groups attached to an aromatic ring is 1. The van der Waals surface area contributed by atoms with Crippen LogP contribution in [0.25, 0.3) is 0 Å². The van der Waals surface area contributed by atoms with Crippen molar-refractivity contribution in [2.24, 2.45) is 11.8 Å². The van der Waals surface area contributed by atoms with E-state index in [1.165, 1.54) is 6.26 Å². The van der Waals surface area contributed by atoms with E-state index in [1.54, 1.807) is 6.07 Å². The highest BCUT2D eigenvalue weighted by molar-refractivity contribution is 5.94. The molecule has 1 aromatic heterocycles. The van der Waals surface area contributed by atoms with Crippen molar-refractivity contribution in [1.29, 1.82) is 0 Å². The molecule has 17 heavy (non-hydrogen) atoms. The van der Waals surface area contributed by atoms with Crippen LogP contribution in [0.1, 0.15) is 22.5 Å². The maximum Gasteiger partial charge on any atom is 0.268 e. The first kappa shape index (κ1) is 12.1. The number of hydrogen-bond donors (Lipinski definition) is 2. The summed E-state index contributed by atoms with van der Waals surface area (Å²) in [6.45, 7) is 2.43. The van der Waals surface area contributed by atoms with Crippen LogP contribution in [-0.4, -0.2) is 25.7 Å². The van der Waals surface area contributed by atoms with Gasteiger partial charge in [0.15, 0.2) is 0 Å². The minimum atomic E-state index is -0.374. The highest BCUT2D eigenvalue weighted by Crippen LogP contribution is 2.15. The highest BCUT2D eigenvalue weighted by Gasteiger charge is 2.17. The zero-order chi connectivity index (χ0) is 12.1. The SMILES string of the molecule is NNC(=O)c1ccoc1COCC1CCOC1. The van der Waals surface area contributed by atoms with E-state index in [4.69, 9.17) is 19.7 Å². The van der Waals surface area contributed by atoms with E-state index >= 15 is 0 Å². The lowest BCUT2D eigenvalue weighted by molar-refractivity contribution is 0.0677. The summed E-state index contributed by atoms with van der Waals surface area (Å²) < 4.78 is 15.9. The molecule has 94 valence electrons. The molecule has 0 saturated carbocycles. The summed E-state index contributed by atoms with van der Waals surface area (Å²) in [4.78, 5) is 11.3. The lowest BCUT2D eigenvalue weighted by atomic mass is 10.1. The molecular weight excluding hydrogens is 224 g/mol. The van der Waals surface area contributed by atoms with Crippen molar-refractivity contribution in [3.63, 3.8) is 0 Å². The summed E-state index contributed by atoms with van der Waals surface area (Å²) >= 11 is 0. The first-order valence-electron chi connectivity index (χ1n) is 5.54. The Morgan fingerprint density at radius 3 is 3.24 bits per heavy atom. The number of carbonyl (C=O) groups excluding carboxylic acids is 1. The Labute approximate surface area is 99.0 Å². The third-order valence-electron chi connectivity index (χ3n) is 2.73. The van der Waals surface area contributed by atoms with Gasteiger partial charge in [0.2, 0.25) is 0 Å². The fraction of sp³-hybridized carbons (Fsp3) is 0.545. The molecular formula is C11H16N2O4. The average Bonchev–Trinajstić information content (AvgIpc) is 2.99. The monoisotopic (exact) mass is 240 g/mol. The average molecular weight is 240 g/mol. The van der Waals surface area contributed by atoms with Gasteiger partial charge in [-0.25, -0.2) is 5.84 Å². The number of furan rings is 1. The van der Waals surface area contributed by atoms with E-state index < -0.39 is 0 Å². The second-order valence-corrected chi connectivity index (χ2v) is 3.98. The summed E-state index contributed by atoms with van der Waals surface area (Å²) in [6.07, 6.45) is 2.47. The van der Waals surface area contributed by atoms with Gasteiger partial charge in [-0.15, -0.1) is 0 Å². The molecule has 0 spiro atoms. The summed E-state index contributed by atoms with van der Waals surface area (Å²) in [5.41, 5.74) is 2.48. The minimum Gasteiger partial charge on any atom is -0.466 e. The second kappa shape index (κ2) is 5.81. The van der Waals surface area contributed by atoms with Gasteiger partial charge in [0.25, 0.3) is 5.91 Å². The standard InChI is InChI=1S/C11H16N2O4/c12-13-11(14)9-2-4-17-10(9)7-16-6-8-1-3-15-5-8/h2,4,8H,1,3,5-7,12H2,(H,13,14). The Bertz CT molecular complexity index is 371. The van der Waals surface area contributed by atoms with Gasteiger partial charge in [-0.2, -0.15) is 0 Å². The molecule has 0 radical (unpaired) electrons. The molecule has 1 fully saturated rings. The smallest absolute Gasteiger partial charge is 0.268 e. The van der Waals surface area contributed by atoms with Crippen molar-refractivity contribution in [3.8, 4) is 0 Å². The Morgan fingerprint density at radius 1 is 1.65 bits per heavy atom. The number of hydrogen-bond acceptors (Lipinski definition) is 5. The van der Waals surface area contributed by atoms with Gasteiger partial charge >= 0.3 is 0 Å². The van der Waals surface area contributed by atoms with Crippen molar-refractivity contribution in [1.82, 2.24) is 5.43 Å². The van der Waals surface area contributed by atoms with Gasteiger partial charge in [-0.3, -0.25) is 10.2 Å². The molecule has 1 aromatic rings. The Balaban J connectivity index is 1.82. The normalized spacial score (nSPS) is 19.5. The van der Waals surface area contributed by atoms with E-state index in [0.717, 1.165) is 19.6 Å². The molecule has 0 bridgehead atoms. The number of ether oxygens (including phenoxy) is 2. The van der Waals surface area contributed by atoms with Crippen LogP contribution in [0, 0.1) is 5.92 Å². The largest absolute Gasteiger partial charge is 0.466 e. The predicted octanol–water partition coefficient (Wildman–Crippen LogP) is 0.436. The summed E-state index contributed by atoms with van der Waals surface area (Å²) in [5, 5.41) is 0. The molecule has 1 aliphatic rings. The number of nitrogens with one attached hydrogen (secondary N) is 1. The zero-order valence-corrected chi connectivity index (χ0v) is 9.48. The van der Waals surface area contributed by atoms with Crippen molar-refractivity contribution in [3.05, 3.63) is 23.7 Å². The molecule has 1 aliphatic heterocycles. The van der Waals surface area contributed by atoms with Crippen molar-refractivity contribution >= 4 is 5.91 Å². The first-order valence-corrected chi connectivity index (χ1v) is 5.54. The summed E-state index contributed by atoms with van der Waals surface area (Å²) in [5.74, 6) is 5.62. The number of carbonyl (C=O) groups is 1. The molecule has 1 amide bonds. The zero-order valence-electron chi connectivity index (χ0n) is 9.48. The van der Waals surface area contributed by atoms with Crippen LogP contribution in [0.2, 0.25) is 0 Å². The molecule has 6 nitrogen and oxygen atoms in total. The lowest BCUT2D eigenvalue weighted by Crippen LogP contribution is -2.30. The first-order chi connectivity index (χ1) is 8.31. The van der Waals surface area contributed by atoms with E-state index in [9.17, 15) is 4.79 Å². The molecule has 1 unspecified atom stereocenters. The highest BCUT2D eigenvalue weighted by atomic mass is 16.5. The predicted molar refractivity (Wildman–Crippen MR) is 58.9 cm³/mol. The fourth-order valence-electron chi connectivity index (χ4n) is 1.77. The molecule has 2 rings (SSSR count). The van der Waals surface area contributed by atoms with Gasteiger partial charge in [0, 0.05) is 12.5 Å². The van der Waals surface area contributed by atoms with Crippen LogP contribution < -0.4 is 11.3 Å². The summed E-state index contributed by atoms with van der Waals surface area (Å²) in [7, 11) is 0. The van der Waals surface area contributed by atoms with E-state index in [-0.39, 0.29) is 12.5 Å². The number of hydrazine groups is 1. The van der Waals surface area contributed by atoms with Gasteiger partial charge in [0.1, 0.15) is 12.4 Å². The maximum absolute atomic E-state index is 11.3. The van der Waals surface area contributed by atoms with E-state index in [1.807, 2.05) is 0 Å². The van der Waals surface area contributed by atoms with Crippen LogP contribution in [0.5, 0.6) is 0 Å². The van der Waals surface area contributed by atoms with Crippen LogP contribution in [-0.2, 0) is 16.1 Å². The third kappa shape index (κ3) is 3.06. The maximum atomic E-state index is 11.3. The molecule has 1 atom stereocenters. The molecule has 0 aromatic carbocycles. The summed E-state index contributed by atoms with van der Waals surface area (Å²) in [6, 6.07) is 1.57. The van der Waals surface area contributed by atoms with Crippen molar-refractivity contribution in [2.75, 3.05) is 19.8 Å². The fourth-order valence-corrected chi connectivity index (χ4v) is 1.77. The van der Waals surface area contributed by atoms with E-state index in [2.05, 4.69) is 5.43 Å². The van der Waals surface area contributed by atoms with E-state index in [0.29, 0.717) is 23.8 Å². The van der Waals surface area contributed by atoms with Crippen LogP contribution in [0.15, 0.2) is 16.7 Å². The Morgan fingerprint density at radius 2 is 2.53 bits per heavy atom. The quantitative estimate of drug-likeness (QED) is 0.443. The number of rotatable bonds is 5. The van der Waals surface area contributed by atoms with Gasteiger partial charge in [-0.05, 0) is 12.5 Å². The second-order valence-electron chi connectivity index (χ2n) is 3.98. The minimum absolute atomic E-state index is 0.270. The molecule has 1 saturated heterocycles.